The molecule has 3 aromatic rings. The summed E-state index contributed by atoms with van der Waals surface area (Å²) in [5.41, 5.74) is 2.16. The standard InChI is InChI=1S/C20H19F3N6O2/c21-20(22,23)13-24-19(31)18-26-28-29(27-18)16-11-9-15(10-12-16)25-17(30)8-4-7-14-5-2-1-3-6-14/h1-3,5-6,9-12H,4,7-8,13H2,(H,24,31)(H,25,30). The number of hydrogen-bond donors (Lipinski definition) is 2. The van der Waals surface area contributed by atoms with Gasteiger partial charge in [-0.3, -0.25) is 9.59 Å². The van der Waals surface area contributed by atoms with E-state index in [2.05, 4.69) is 20.7 Å². The molecule has 0 fully saturated rings. The molecular formula is C20H19F3N6O2. The van der Waals surface area contributed by atoms with Crippen molar-refractivity contribution in [2.24, 2.45) is 0 Å². The van der Waals surface area contributed by atoms with Crippen LogP contribution in [-0.4, -0.2) is 44.7 Å². The van der Waals surface area contributed by atoms with Crippen molar-refractivity contribution in [3.63, 3.8) is 0 Å². The summed E-state index contributed by atoms with van der Waals surface area (Å²) in [4.78, 5) is 24.8. The molecule has 3 rings (SSSR count). The van der Waals surface area contributed by atoms with Gasteiger partial charge in [0.05, 0.1) is 5.69 Å². The summed E-state index contributed by atoms with van der Waals surface area (Å²) >= 11 is 0. The van der Waals surface area contributed by atoms with Crippen LogP contribution in [0.1, 0.15) is 29.0 Å². The van der Waals surface area contributed by atoms with Gasteiger partial charge in [-0.1, -0.05) is 30.3 Å². The largest absolute Gasteiger partial charge is 0.405 e. The van der Waals surface area contributed by atoms with Gasteiger partial charge < -0.3 is 10.6 Å². The highest BCUT2D eigenvalue weighted by atomic mass is 19.4. The fourth-order valence-corrected chi connectivity index (χ4v) is 2.67. The van der Waals surface area contributed by atoms with E-state index in [0.717, 1.165) is 17.6 Å². The maximum atomic E-state index is 12.2. The summed E-state index contributed by atoms with van der Waals surface area (Å²) in [6.45, 7) is -1.49. The van der Waals surface area contributed by atoms with Crippen molar-refractivity contribution >= 4 is 17.5 Å². The summed E-state index contributed by atoms with van der Waals surface area (Å²) < 4.78 is 36.5. The molecule has 162 valence electrons. The molecule has 2 aromatic carbocycles. The Kier molecular flexibility index (Phi) is 6.96. The molecule has 2 amide bonds. The van der Waals surface area contributed by atoms with E-state index in [1.807, 2.05) is 30.3 Å². The quantitative estimate of drug-likeness (QED) is 0.570. The molecule has 0 saturated carbocycles. The summed E-state index contributed by atoms with van der Waals surface area (Å²) in [7, 11) is 0. The van der Waals surface area contributed by atoms with Crippen LogP contribution >= 0.6 is 0 Å². The Hall–Kier alpha value is -3.76. The predicted octanol–water partition coefficient (Wildman–Crippen LogP) is 2.92. The molecule has 0 aliphatic heterocycles. The monoisotopic (exact) mass is 432 g/mol. The second-order valence-corrected chi connectivity index (χ2v) is 6.63. The van der Waals surface area contributed by atoms with Gasteiger partial charge in [-0.05, 0) is 47.9 Å². The minimum absolute atomic E-state index is 0.119. The Morgan fingerprint density at radius 2 is 1.71 bits per heavy atom. The maximum Gasteiger partial charge on any atom is 0.405 e. The molecule has 0 radical (unpaired) electrons. The molecule has 2 N–H and O–H groups in total. The van der Waals surface area contributed by atoms with Crippen molar-refractivity contribution in [2.45, 2.75) is 25.4 Å². The lowest BCUT2D eigenvalue weighted by atomic mass is 10.1. The highest BCUT2D eigenvalue weighted by Crippen LogP contribution is 2.14. The number of hydrogen-bond acceptors (Lipinski definition) is 5. The zero-order valence-electron chi connectivity index (χ0n) is 16.3. The smallest absolute Gasteiger partial charge is 0.340 e. The number of alkyl halides is 3. The number of aromatic nitrogens is 4. The molecule has 11 heteroatoms. The summed E-state index contributed by atoms with van der Waals surface area (Å²) in [5, 5.41) is 15.3. The summed E-state index contributed by atoms with van der Waals surface area (Å²) in [5.74, 6) is -1.69. The van der Waals surface area contributed by atoms with Gasteiger partial charge in [-0.15, -0.1) is 15.0 Å². The van der Waals surface area contributed by atoms with Gasteiger partial charge in [0.1, 0.15) is 6.54 Å². The third-order valence-electron chi connectivity index (χ3n) is 4.16. The first-order valence-electron chi connectivity index (χ1n) is 9.39. The van der Waals surface area contributed by atoms with Crippen molar-refractivity contribution in [1.29, 1.82) is 0 Å². The Balaban J connectivity index is 1.50. The number of carbonyl (C=O) groups is 2. The van der Waals surface area contributed by atoms with Crippen LogP contribution in [0.25, 0.3) is 5.69 Å². The highest BCUT2D eigenvalue weighted by molar-refractivity contribution is 5.91. The van der Waals surface area contributed by atoms with Gasteiger partial charge in [-0.2, -0.15) is 13.2 Å². The Morgan fingerprint density at radius 1 is 1.00 bits per heavy atom. The number of aryl methyl sites for hydroxylation is 1. The first kappa shape index (κ1) is 21.9. The third kappa shape index (κ3) is 6.91. The molecule has 0 atom stereocenters. The zero-order chi connectivity index (χ0) is 22.3. The van der Waals surface area contributed by atoms with E-state index in [9.17, 15) is 22.8 Å². The lowest BCUT2D eigenvalue weighted by Gasteiger charge is -2.06. The van der Waals surface area contributed by atoms with E-state index in [1.165, 1.54) is 5.56 Å². The normalized spacial score (nSPS) is 11.2. The van der Waals surface area contributed by atoms with Crippen LogP contribution in [0.2, 0.25) is 0 Å². The van der Waals surface area contributed by atoms with E-state index in [1.54, 1.807) is 29.6 Å². The molecule has 0 aliphatic carbocycles. The van der Waals surface area contributed by atoms with Gasteiger partial charge in [0.15, 0.2) is 0 Å². The van der Waals surface area contributed by atoms with Gasteiger partial charge in [0.25, 0.3) is 11.7 Å². The Morgan fingerprint density at radius 3 is 2.39 bits per heavy atom. The Labute approximate surface area is 175 Å². The Bertz CT molecular complexity index is 1020. The molecule has 0 spiro atoms. The van der Waals surface area contributed by atoms with Gasteiger partial charge in [0.2, 0.25) is 5.91 Å². The second kappa shape index (κ2) is 9.83. The predicted molar refractivity (Wildman–Crippen MR) is 106 cm³/mol. The number of amides is 2. The molecule has 1 aromatic heterocycles. The number of rotatable bonds is 8. The van der Waals surface area contributed by atoms with Gasteiger partial charge in [-0.25, -0.2) is 0 Å². The van der Waals surface area contributed by atoms with Crippen molar-refractivity contribution < 1.29 is 22.8 Å². The minimum Gasteiger partial charge on any atom is -0.340 e. The third-order valence-corrected chi connectivity index (χ3v) is 4.16. The SMILES string of the molecule is O=C(CCCc1ccccc1)Nc1ccc(-n2nnc(C(=O)NCC(F)(F)F)n2)cc1. The lowest BCUT2D eigenvalue weighted by molar-refractivity contribution is -0.123. The van der Waals surface area contributed by atoms with Crippen molar-refractivity contribution in [1.82, 2.24) is 25.5 Å². The van der Waals surface area contributed by atoms with Gasteiger partial charge >= 0.3 is 6.18 Å². The number of carbonyl (C=O) groups excluding carboxylic acids is 2. The topological polar surface area (TPSA) is 102 Å². The van der Waals surface area contributed by atoms with Crippen LogP contribution in [0.15, 0.2) is 54.6 Å². The fraction of sp³-hybridized carbons (Fsp3) is 0.250. The first-order valence-corrected chi connectivity index (χ1v) is 9.39. The maximum absolute atomic E-state index is 12.2. The number of tetrazole rings is 1. The second-order valence-electron chi connectivity index (χ2n) is 6.63. The molecular weight excluding hydrogens is 413 g/mol. The van der Waals surface area contributed by atoms with E-state index in [4.69, 9.17) is 0 Å². The summed E-state index contributed by atoms with van der Waals surface area (Å²) in [6, 6.07) is 16.3. The molecule has 8 nitrogen and oxygen atoms in total. The van der Waals surface area contributed by atoms with Crippen LogP contribution < -0.4 is 10.6 Å². The summed E-state index contributed by atoms with van der Waals surface area (Å²) in [6.07, 6.45) is -2.63. The fourth-order valence-electron chi connectivity index (χ4n) is 2.67. The number of anilines is 1. The zero-order valence-corrected chi connectivity index (χ0v) is 16.3. The highest BCUT2D eigenvalue weighted by Gasteiger charge is 2.28. The van der Waals surface area contributed by atoms with Crippen molar-refractivity contribution in [2.75, 3.05) is 11.9 Å². The van der Waals surface area contributed by atoms with Crippen molar-refractivity contribution in [3.8, 4) is 5.69 Å². The number of halogens is 3. The van der Waals surface area contributed by atoms with Gasteiger partial charge in [0, 0.05) is 12.1 Å². The number of nitrogens with zero attached hydrogens (tertiary/aromatic N) is 4. The van der Waals surface area contributed by atoms with Crippen LogP contribution in [0.3, 0.4) is 0 Å². The van der Waals surface area contributed by atoms with E-state index >= 15 is 0 Å². The average molecular weight is 432 g/mol. The molecule has 0 bridgehead atoms. The van der Waals surface area contributed by atoms with Crippen LogP contribution in [-0.2, 0) is 11.2 Å². The van der Waals surface area contributed by atoms with E-state index in [-0.39, 0.29) is 5.91 Å². The average Bonchev–Trinajstić information content (AvgIpc) is 3.23. The molecule has 0 saturated heterocycles. The minimum atomic E-state index is -4.53. The van der Waals surface area contributed by atoms with Crippen LogP contribution in [0.5, 0.6) is 0 Å². The van der Waals surface area contributed by atoms with E-state index < -0.39 is 24.5 Å². The molecule has 1 heterocycles. The molecule has 0 unspecified atom stereocenters. The van der Waals surface area contributed by atoms with Crippen LogP contribution in [0, 0.1) is 0 Å². The van der Waals surface area contributed by atoms with Crippen LogP contribution in [0.4, 0.5) is 18.9 Å². The number of benzene rings is 2. The van der Waals surface area contributed by atoms with Crippen molar-refractivity contribution in [3.05, 3.63) is 66.0 Å². The first-order chi connectivity index (χ1) is 14.8. The lowest BCUT2D eigenvalue weighted by Crippen LogP contribution is -2.34. The number of nitrogens with one attached hydrogen (secondary N) is 2. The molecule has 0 aliphatic rings. The van der Waals surface area contributed by atoms with E-state index in [0.29, 0.717) is 17.8 Å². The molecule has 31 heavy (non-hydrogen) atoms.